The molecule has 3 aromatic heterocycles. The topological polar surface area (TPSA) is 116 Å². The lowest BCUT2D eigenvalue weighted by Crippen LogP contribution is -2.43. The van der Waals surface area contributed by atoms with Crippen LogP contribution in [0.15, 0.2) is 53.7 Å². The number of primary amides is 1. The van der Waals surface area contributed by atoms with Crippen LogP contribution in [0.5, 0.6) is 0 Å². The number of benzene rings is 1. The van der Waals surface area contributed by atoms with Gasteiger partial charge in [0.2, 0.25) is 5.91 Å². The minimum atomic E-state index is -3.89. The largest absolute Gasteiger partial charge is 0.369 e. The fourth-order valence-corrected chi connectivity index (χ4v) is 6.09. The van der Waals surface area contributed by atoms with Crippen molar-refractivity contribution in [3.05, 3.63) is 54.6 Å². The van der Waals surface area contributed by atoms with E-state index in [4.69, 9.17) is 5.73 Å². The summed E-state index contributed by atoms with van der Waals surface area (Å²) in [5, 5.41) is 0.519. The molecular formula is C23H25FN6O3S. The van der Waals surface area contributed by atoms with Gasteiger partial charge in [-0.05, 0) is 31.2 Å². The number of alkyl halides is 1. The van der Waals surface area contributed by atoms with E-state index in [0.29, 0.717) is 35.2 Å². The average molecular weight is 485 g/mol. The van der Waals surface area contributed by atoms with Crippen molar-refractivity contribution in [1.29, 1.82) is 0 Å². The second-order valence-electron chi connectivity index (χ2n) is 8.47. The van der Waals surface area contributed by atoms with Gasteiger partial charge in [-0.3, -0.25) is 4.79 Å². The zero-order chi connectivity index (χ0) is 24.0. The van der Waals surface area contributed by atoms with Crippen molar-refractivity contribution in [1.82, 2.24) is 23.4 Å². The number of imidazole rings is 1. The van der Waals surface area contributed by atoms with Crippen LogP contribution < -0.4 is 5.73 Å². The lowest BCUT2D eigenvalue weighted by molar-refractivity contribution is -0.117. The van der Waals surface area contributed by atoms with Crippen molar-refractivity contribution in [2.45, 2.75) is 36.9 Å². The maximum atomic E-state index is 15.4. The molecule has 0 aliphatic carbocycles. The van der Waals surface area contributed by atoms with Gasteiger partial charge in [0.15, 0.2) is 5.65 Å². The third-order valence-electron chi connectivity index (χ3n) is 6.40. The van der Waals surface area contributed by atoms with E-state index in [2.05, 4.69) is 9.97 Å². The van der Waals surface area contributed by atoms with Crippen molar-refractivity contribution in [3.8, 4) is 0 Å². The van der Waals surface area contributed by atoms with Crippen LogP contribution in [0.1, 0.15) is 25.2 Å². The zero-order valence-corrected chi connectivity index (χ0v) is 19.4. The number of nitrogens with two attached hydrogens (primary N) is 1. The molecule has 2 N–H and O–H groups in total. The van der Waals surface area contributed by atoms with E-state index in [-0.39, 0.29) is 23.5 Å². The quantitative estimate of drug-likeness (QED) is 0.449. The minimum Gasteiger partial charge on any atom is -0.369 e. The van der Waals surface area contributed by atoms with Gasteiger partial charge >= 0.3 is 0 Å². The van der Waals surface area contributed by atoms with Crippen LogP contribution in [-0.4, -0.2) is 63.5 Å². The Hall–Kier alpha value is -3.31. The summed E-state index contributed by atoms with van der Waals surface area (Å²) in [5.41, 5.74) is 6.70. The molecule has 0 saturated carbocycles. The monoisotopic (exact) mass is 484 g/mol. The van der Waals surface area contributed by atoms with Crippen LogP contribution in [0.4, 0.5) is 4.39 Å². The molecule has 0 spiro atoms. The zero-order valence-electron chi connectivity index (χ0n) is 18.6. The van der Waals surface area contributed by atoms with Crippen molar-refractivity contribution >= 4 is 38.0 Å². The number of fused-ring (bicyclic) bond motifs is 3. The number of carbonyl (C=O) groups is 1. The molecule has 34 heavy (non-hydrogen) atoms. The molecule has 178 valence electrons. The van der Waals surface area contributed by atoms with Crippen molar-refractivity contribution < 1.29 is 17.6 Å². The van der Waals surface area contributed by atoms with Crippen LogP contribution in [0, 0.1) is 0 Å². The number of hydrogen-bond donors (Lipinski definition) is 1. The third-order valence-corrected chi connectivity index (χ3v) is 8.08. The van der Waals surface area contributed by atoms with E-state index in [1.807, 2.05) is 11.8 Å². The number of halogens is 1. The van der Waals surface area contributed by atoms with Gasteiger partial charge in [0.25, 0.3) is 10.0 Å². The molecule has 1 amide bonds. The standard InChI is InChI=1S/C23H25FN6O3S/c1-2-28-10-9-19(17(24)14-28)30-21(12-20(25)31)27-18-13-26-23-16(22(18)30)8-11-29(23)34(32,33)15-6-4-3-5-7-15/h3-8,11,13,17,19H,2,9-10,12,14H2,1H3,(H2,25,31)/t17-,19+/m0/s1. The van der Waals surface area contributed by atoms with E-state index in [9.17, 15) is 13.2 Å². The normalized spacial score (nSPS) is 19.7. The lowest BCUT2D eigenvalue weighted by Gasteiger charge is -2.35. The number of pyridine rings is 1. The van der Waals surface area contributed by atoms with Gasteiger partial charge in [0.1, 0.15) is 17.5 Å². The molecule has 1 aliphatic heterocycles. The summed E-state index contributed by atoms with van der Waals surface area (Å²) < 4.78 is 44.8. The molecule has 4 heterocycles. The van der Waals surface area contributed by atoms with E-state index in [1.54, 1.807) is 28.8 Å². The average Bonchev–Trinajstić information content (AvgIpc) is 3.40. The SMILES string of the molecule is CCN1CC[C@@H](n2c(CC(N)=O)nc3cnc4c(ccn4S(=O)(=O)c4ccccc4)c32)[C@@H](F)C1. The Kier molecular flexibility index (Phi) is 5.61. The first-order chi connectivity index (χ1) is 16.3. The fourth-order valence-electron chi connectivity index (χ4n) is 4.77. The van der Waals surface area contributed by atoms with Crippen molar-refractivity contribution in [3.63, 3.8) is 0 Å². The molecule has 9 nitrogen and oxygen atoms in total. The van der Waals surface area contributed by atoms with Gasteiger partial charge < -0.3 is 15.2 Å². The molecule has 11 heteroatoms. The summed E-state index contributed by atoms with van der Waals surface area (Å²) >= 11 is 0. The van der Waals surface area contributed by atoms with Crippen molar-refractivity contribution in [2.75, 3.05) is 19.6 Å². The van der Waals surface area contributed by atoms with Crippen LogP contribution in [0.3, 0.4) is 0 Å². The molecule has 0 bridgehead atoms. The molecule has 1 aliphatic rings. The van der Waals surface area contributed by atoms with E-state index in [1.165, 1.54) is 24.5 Å². The van der Waals surface area contributed by atoms with Crippen LogP contribution in [0.25, 0.3) is 22.1 Å². The molecule has 4 aromatic rings. The van der Waals surface area contributed by atoms with E-state index in [0.717, 1.165) is 10.5 Å². The number of rotatable bonds is 6. The van der Waals surface area contributed by atoms with Crippen LogP contribution in [0.2, 0.25) is 0 Å². The van der Waals surface area contributed by atoms with Gasteiger partial charge in [0.05, 0.1) is 29.1 Å². The number of aromatic nitrogens is 4. The smallest absolute Gasteiger partial charge is 0.269 e. The maximum Gasteiger partial charge on any atom is 0.269 e. The van der Waals surface area contributed by atoms with Gasteiger partial charge in [-0.25, -0.2) is 26.7 Å². The number of likely N-dealkylation sites (tertiary alicyclic amines) is 1. The predicted molar refractivity (Wildman–Crippen MR) is 126 cm³/mol. The van der Waals surface area contributed by atoms with Gasteiger partial charge in [0, 0.05) is 24.7 Å². The summed E-state index contributed by atoms with van der Waals surface area (Å²) in [5.74, 6) is -0.223. The van der Waals surface area contributed by atoms with Gasteiger partial charge in [-0.2, -0.15) is 0 Å². The highest BCUT2D eigenvalue weighted by Crippen LogP contribution is 2.35. The van der Waals surface area contributed by atoms with E-state index < -0.39 is 28.1 Å². The first-order valence-electron chi connectivity index (χ1n) is 11.1. The molecule has 0 unspecified atom stereocenters. The summed E-state index contributed by atoms with van der Waals surface area (Å²) in [4.78, 5) is 22.9. The summed E-state index contributed by atoms with van der Waals surface area (Å²) in [6, 6.07) is 9.17. The Morgan fingerprint density at radius 3 is 2.68 bits per heavy atom. The van der Waals surface area contributed by atoms with Gasteiger partial charge in [-0.1, -0.05) is 25.1 Å². The second-order valence-corrected chi connectivity index (χ2v) is 10.3. The lowest BCUT2D eigenvalue weighted by atomic mass is 10.0. The molecule has 5 rings (SSSR count). The van der Waals surface area contributed by atoms with Crippen molar-refractivity contribution in [2.24, 2.45) is 5.73 Å². The predicted octanol–water partition coefficient (Wildman–Crippen LogP) is 2.26. The Morgan fingerprint density at radius 1 is 1.24 bits per heavy atom. The maximum absolute atomic E-state index is 15.4. The van der Waals surface area contributed by atoms with Gasteiger partial charge in [-0.15, -0.1) is 0 Å². The Balaban J connectivity index is 1.72. The first kappa shape index (κ1) is 22.5. The molecule has 2 atom stereocenters. The highest BCUT2D eigenvalue weighted by molar-refractivity contribution is 7.90. The van der Waals surface area contributed by atoms with E-state index >= 15 is 4.39 Å². The molecule has 0 radical (unpaired) electrons. The Bertz CT molecular complexity index is 1480. The van der Waals surface area contributed by atoms with Crippen LogP contribution in [-0.2, 0) is 21.2 Å². The summed E-state index contributed by atoms with van der Waals surface area (Å²) in [6.45, 7) is 3.72. The Morgan fingerprint density at radius 2 is 2.00 bits per heavy atom. The fraction of sp³-hybridized carbons (Fsp3) is 0.348. The molecule has 1 aromatic carbocycles. The summed E-state index contributed by atoms with van der Waals surface area (Å²) in [7, 11) is -3.89. The molecule has 1 fully saturated rings. The first-order valence-corrected chi connectivity index (χ1v) is 12.6. The summed E-state index contributed by atoms with van der Waals surface area (Å²) in [6.07, 6.45) is 2.09. The highest BCUT2D eigenvalue weighted by atomic mass is 32.2. The Labute approximate surface area is 196 Å². The minimum absolute atomic E-state index is 0.132. The molecular weight excluding hydrogens is 459 g/mol. The highest BCUT2D eigenvalue weighted by Gasteiger charge is 2.34. The number of hydrogen-bond acceptors (Lipinski definition) is 6. The number of piperidine rings is 1. The number of amides is 1. The molecule has 1 saturated heterocycles. The third kappa shape index (κ3) is 3.64. The number of carbonyl (C=O) groups excluding carboxylic acids is 1. The number of nitrogens with zero attached hydrogens (tertiary/aromatic N) is 5. The van der Waals surface area contributed by atoms with Crippen LogP contribution >= 0.6 is 0 Å². The second kappa shape index (κ2) is 8.48.